The first-order valence-electron chi connectivity index (χ1n) is 5.69. The highest BCUT2D eigenvalue weighted by molar-refractivity contribution is 8.93. The highest BCUT2D eigenvalue weighted by Gasteiger charge is 2.36. The number of carboxylic acids is 2. The van der Waals surface area contributed by atoms with E-state index in [9.17, 15) is 9.59 Å². The zero-order valence-corrected chi connectivity index (χ0v) is 12.3. The molecule has 2 N–H and O–H groups in total. The van der Waals surface area contributed by atoms with Crippen molar-refractivity contribution >= 4 is 28.9 Å². The van der Waals surface area contributed by atoms with E-state index in [-0.39, 0.29) is 17.0 Å². The van der Waals surface area contributed by atoms with Crippen LogP contribution in [-0.4, -0.2) is 46.2 Å². The zero-order valence-electron chi connectivity index (χ0n) is 10.5. The summed E-state index contributed by atoms with van der Waals surface area (Å²) in [6.45, 7) is 6.62. The Morgan fingerprint density at radius 3 is 1.76 bits per heavy atom. The normalized spacial score (nSPS) is 13.9. The first kappa shape index (κ1) is 18.7. The van der Waals surface area contributed by atoms with Crippen LogP contribution >= 0.6 is 17.0 Å². The monoisotopic (exact) mass is 311 g/mol. The summed E-state index contributed by atoms with van der Waals surface area (Å²) >= 11 is 0. The van der Waals surface area contributed by atoms with Gasteiger partial charge in [-0.05, 0) is 19.5 Å². The van der Waals surface area contributed by atoms with Crippen molar-refractivity contribution in [2.24, 2.45) is 5.92 Å². The molecule has 17 heavy (non-hydrogen) atoms. The van der Waals surface area contributed by atoms with Crippen LogP contribution in [0, 0.1) is 5.92 Å². The van der Waals surface area contributed by atoms with Crippen LogP contribution in [0.25, 0.3) is 0 Å². The molecule has 0 aromatic heterocycles. The second kappa shape index (κ2) is 9.41. The van der Waals surface area contributed by atoms with Gasteiger partial charge in [-0.2, -0.15) is 0 Å². The van der Waals surface area contributed by atoms with E-state index in [0.717, 1.165) is 0 Å². The molecule has 0 unspecified atom stereocenters. The van der Waals surface area contributed by atoms with Crippen molar-refractivity contribution in [2.45, 2.75) is 39.7 Å². The lowest BCUT2D eigenvalue weighted by molar-refractivity contribution is -0.155. The molecule has 0 aliphatic carbocycles. The van der Waals surface area contributed by atoms with Crippen molar-refractivity contribution in [3.05, 3.63) is 0 Å². The van der Waals surface area contributed by atoms with Crippen molar-refractivity contribution in [1.29, 1.82) is 0 Å². The minimum atomic E-state index is -1.05. The van der Waals surface area contributed by atoms with Crippen LogP contribution in [-0.2, 0) is 9.59 Å². The Morgan fingerprint density at radius 1 is 1.06 bits per heavy atom. The number of hydrogen-bond donors (Lipinski definition) is 2. The number of likely N-dealkylation sites (N-methyl/N-ethyl adjacent to an activating group) is 1. The van der Waals surface area contributed by atoms with Gasteiger partial charge in [0.25, 0.3) is 0 Å². The summed E-state index contributed by atoms with van der Waals surface area (Å²) in [4.78, 5) is 23.9. The minimum absolute atomic E-state index is 0. The summed E-state index contributed by atoms with van der Waals surface area (Å²) in [6, 6.07) is -0.924. The van der Waals surface area contributed by atoms with Gasteiger partial charge >= 0.3 is 11.9 Å². The Labute approximate surface area is 113 Å². The third-order valence-electron chi connectivity index (χ3n) is 2.76. The Balaban J connectivity index is 0. The van der Waals surface area contributed by atoms with E-state index in [1.165, 1.54) is 0 Å². The highest BCUT2D eigenvalue weighted by Crippen LogP contribution is 2.18. The average Bonchev–Trinajstić information content (AvgIpc) is 2.22. The van der Waals surface area contributed by atoms with Crippen LogP contribution in [0.5, 0.6) is 0 Å². The van der Waals surface area contributed by atoms with Gasteiger partial charge in [-0.25, -0.2) is 0 Å². The lowest BCUT2D eigenvalue weighted by atomic mass is 9.93. The van der Waals surface area contributed by atoms with Gasteiger partial charge < -0.3 is 10.2 Å². The van der Waals surface area contributed by atoms with E-state index in [4.69, 9.17) is 10.2 Å². The van der Waals surface area contributed by atoms with Gasteiger partial charge in [-0.3, -0.25) is 14.5 Å². The minimum Gasteiger partial charge on any atom is -0.481 e. The molecule has 6 heteroatoms. The quantitative estimate of drug-likeness (QED) is 0.715. The molecule has 0 aromatic rings. The van der Waals surface area contributed by atoms with E-state index in [1.807, 2.05) is 20.8 Å². The Hall–Kier alpha value is -0.620. The molecular weight excluding hydrogens is 290 g/mol. The number of carboxylic acid groups (broad SMARTS) is 2. The molecule has 0 amide bonds. The van der Waals surface area contributed by atoms with Crippen molar-refractivity contribution < 1.29 is 19.8 Å². The number of halogens is 1. The second-order valence-corrected chi connectivity index (χ2v) is 3.74. The van der Waals surface area contributed by atoms with E-state index in [1.54, 1.807) is 4.90 Å². The molecule has 0 radical (unpaired) electrons. The van der Waals surface area contributed by atoms with Gasteiger partial charge in [-0.1, -0.05) is 27.2 Å². The van der Waals surface area contributed by atoms with Crippen molar-refractivity contribution in [3.8, 4) is 0 Å². The topological polar surface area (TPSA) is 77.8 Å². The van der Waals surface area contributed by atoms with Gasteiger partial charge in [0.05, 0.1) is 5.92 Å². The standard InChI is InChI=1S/C11H21NO4.BrH/c1-4-7-8(10(13)14)9(11(15)16)12(5-2)6-3;/h8-9H,4-7H2,1-3H3,(H,13,14)(H,15,16);1H/t8-,9-;/m0./s1. The molecule has 0 bridgehead atoms. The van der Waals surface area contributed by atoms with E-state index >= 15 is 0 Å². The van der Waals surface area contributed by atoms with Crippen molar-refractivity contribution in [3.63, 3.8) is 0 Å². The average molecular weight is 312 g/mol. The SMILES string of the molecule is Br.CCC[C@H](C(=O)O)[C@@H](C(=O)O)N(CC)CC. The Kier molecular flexibility index (Phi) is 10.4. The lowest BCUT2D eigenvalue weighted by Crippen LogP contribution is -2.48. The molecule has 5 nitrogen and oxygen atoms in total. The van der Waals surface area contributed by atoms with Gasteiger partial charge in [-0.15, -0.1) is 17.0 Å². The van der Waals surface area contributed by atoms with Crippen LogP contribution in [0.4, 0.5) is 0 Å². The van der Waals surface area contributed by atoms with Gasteiger partial charge in [0.15, 0.2) is 0 Å². The number of hydrogen-bond acceptors (Lipinski definition) is 3. The highest BCUT2D eigenvalue weighted by atomic mass is 79.9. The fraction of sp³-hybridized carbons (Fsp3) is 0.818. The largest absolute Gasteiger partial charge is 0.481 e. The molecule has 0 aliphatic heterocycles. The second-order valence-electron chi connectivity index (χ2n) is 3.74. The van der Waals surface area contributed by atoms with E-state index < -0.39 is 23.9 Å². The summed E-state index contributed by atoms with van der Waals surface area (Å²) in [6.07, 6.45) is 1.06. The Bertz CT molecular complexity index is 244. The number of aliphatic carboxylic acids is 2. The summed E-state index contributed by atoms with van der Waals surface area (Å²) in [5.41, 5.74) is 0. The van der Waals surface area contributed by atoms with Crippen LogP contribution < -0.4 is 0 Å². The number of carbonyl (C=O) groups is 2. The smallest absolute Gasteiger partial charge is 0.321 e. The summed E-state index contributed by atoms with van der Waals surface area (Å²) < 4.78 is 0. The maximum atomic E-state index is 11.2. The third kappa shape index (κ3) is 5.50. The molecule has 2 atom stereocenters. The molecule has 0 heterocycles. The number of nitrogens with zero attached hydrogens (tertiary/aromatic N) is 1. The predicted octanol–water partition coefficient (Wildman–Crippen LogP) is 1.86. The first-order chi connectivity index (χ1) is 7.49. The van der Waals surface area contributed by atoms with Crippen LogP contribution in [0.3, 0.4) is 0 Å². The summed E-state index contributed by atoms with van der Waals surface area (Å²) in [5.74, 6) is -2.91. The molecule has 102 valence electrons. The molecule has 0 fully saturated rings. The Morgan fingerprint density at radius 2 is 1.53 bits per heavy atom. The van der Waals surface area contributed by atoms with E-state index in [2.05, 4.69) is 0 Å². The van der Waals surface area contributed by atoms with Gasteiger partial charge in [0.1, 0.15) is 6.04 Å². The van der Waals surface area contributed by atoms with E-state index in [0.29, 0.717) is 25.9 Å². The first-order valence-corrected chi connectivity index (χ1v) is 5.69. The third-order valence-corrected chi connectivity index (χ3v) is 2.76. The fourth-order valence-electron chi connectivity index (χ4n) is 1.93. The zero-order chi connectivity index (χ0) is 12.7. The molecule has 0 aromatic carbocycles. The number of rotatable bonds is 8. The van der Waals surface area contributed by atoms with Crippen LogP contribution in [0.2, 0.25) is 0 Å². The van der Waals surface area contributed by atoms with Crippen LogP contribution in [0.1, 0.15) is 33.6 Å². The summed E-state index contributed by atoms with van der Waals surface area (Å²) in [7, 11) is 0. The maximum absolute atomic E-state index is 11.2. The molecule has 0 spiro atoms. The maximum Gasteiger partial charge on any atom is 0.321 e. The predicted molar refractivity (Wildman–Crippen MR) is 70.7 cm³/mol. The molecule has 0 aliphatic rings. The molecule has 0 saturated heterocycles. The fourth-order valence-corrected chi connectivity index (χ4v) is 1.93. The molecule has 0 saturated carbocycles. The molecular formula is C11H22BrNO4. The lowest BCUT2D eigenvalue weighted by Gasteiger charge is -2.30. The summed E-state index contributed by atoms with van der Waals surface area (Å²) in [5, 5.41) is 18.2. The van der Waals surface area contributed by atoms with Gasteiger partial charge in [0, 0.05) is 0 Å². The van der Waals surface area contributed by atoms with Crippen LogP contribution in [0.15, 0.2) is 0 Å². The van der Waals surface area contributed by atoms with Gasteiger partial charge in [0.2, 0.25) is 0 Å². The van der Waals surface area contributed by atoms with Crippen molar-refractivity contribution in [2.75, 3.05) is 13.1 Å². The molecule has 0 rings (SSSR count). The van der Waals surface area contributed by atoms with Crippen molar-refractivity contribution in [1.82, 2.24) is 4.90 Å².